The van der Waals surface area contributed by atoms with Gasteiger partial charge in [-0.2, -0.15) is 0 Å². The highest BCUT2D eigenvalue weighted by Crippen LogP contribution is 2.29. The Kier molecular flexibility index (Phi) is 4.44. The number of benzene rings is 1. The largest absolute Gasteiger partial charge is 0.366 e. The molecule has 96 valence electrons. The van der Waals surface area contributed by atoms with Crippen molar-refractivity contribution in [3.8, 4) is 0 Å². The average molecular weight is 286 g/mol. The van der Waals surface area contributed by atoms with Crippen LogP contribution in [-0.4, -0.2) is 24.8 Å². The first-order valence-electron chi connectivity index (χ1n) is 5.72. The summed E-state index contributed by atoms with van der Waals surface area (Å²) in [4.78, 5) is 16.2. The van der Waals surface area contributed by atoms with Gasteiger partial charge in [0, 0.05) is 13.1 Å². The van der Waals surface area contributed by atoms with E-state index in [0.717, 1.165) is 19.4 Å². The fraction of sp³-hybridized carbons (Fsp3) is 0.333. The first kappa shape index (κ1) is 13.2. The summed E-state index contributed by atoms with van der Waals surface area (Å²) in [6.07, 6.45) is 2.00. The number of aliphatic imine (C=N–C) groups is 1. The van der Waals surface area contributed by atoms with E-state index in [1.807, 2.05) is 0 Å². The number of amides is 1. The lowest BCUT2D eigenvalue weighted by Crippen LogP contribution is -2.35. The zero-order valence-electron chi connectivity index (χ0n) is 9.67. The first-order valence-corrected chi connectivity index (χ1v) is 6.48. The summed E-state index contributed by atoms with van der Waals surface area (Å²) < 4.78 is 0. The van der Waals surface area contributed by atoms with Gasteiger partial charge in [-0.1, -0.05) is 29.3 Å². The fourth-order valence-corrected chi connectivity index (χ4v) is 1.97. The Hall–Kier alpha value is -1.26. The van der Waals surface area contributed by atoms with Crippen molar-refractivity contribution < 1.29 is 4.79 Å². The van der Waals surface area contributed by atoms with Gasteiger partial charge in [0.1, 0.15) is 0 Å². The highest BCUT2D eigenvalue weighted by atomic mass is 35.5. The topological polar surface area (TPSA) is 53.5 Å². The third kappa shape index (κ3) is 3.15. The lowest BCUT2D eigenvalue weighted by molar-refractivity contribution is -0.110. The molecular weight excluding hydrogens is 273 g/mol. The molecule has 1 aliphatic heterocycles. The van der Waals surface area contributed by atoms with Crippen LogP contribution >= 0.6 is 23.2 Å². The van der Waals surface area contributed by atoms with Gasteiger partial charge in [-0.15, -0.1) is 0 Å². The second-order valence-electron chi connectivity index (χ2n) is 3.92. The molecule has 1 heterocycles. The van der Waals surface area contributed by atoms with Crippen LogP contribution in [0.3, 0.4) is 0 Å². The summed E-state index contributed by atoms with van der Waals surface area (Å²) in [7, 11) is 0. The highest BCUT2D eigenvalue weighted by Gasteiger charge is 2.14. The minimum absolute atomic E-state index is 0.291. The third-order valence-electron chi connectivity index (χ3n) is 2.56. The van der Waals surface area contributed by atoms with Crippen molar-refractivity contribution in [1.82, 2.24) is 5.32 Å². The predicted molar refractivity (Wildman–Crippen MR) is 74.6 cm³/mol. The lowest BCUT2D eigenvalue weighted by atomic mass is 10.3. The molecule has 0 saturated heterocycles. The number of nitrogens with one attached hydrogen (secondary N) is 2. The van der Waals surface area contributed by atoms with Gasteiger partial charge in [0.15, 0.2) is 5.84 Å². The summed E-state index contributed by atoms with van der Waals surface area (Å²) in [5.41, 5.74) is 0.489. The molecule has 18 heavy (non-hydrogen) atoms. The molecule has 0 fully saturated rings. The van der Waals surface area contributed by atoms with Gasteiger partial charge in [0.05, 0.1) is 15.7 Å². The van der Waals surface area contributed by atoms with Gasteiger partial charge < -0.3 is 10.6 Å². The van der Waals surface area contributed by atoms with Gasteiger partial charge in [0.2, 0.25) is 0 Å². The third-order valence-corrected chi connectivity index (χ3v) is 3.38. The number of anilines is 1. The maximum absolute atomic E-state index is 12.0. The van der Waals surface area contributed by atoms with Crippen LogP contribution in [-0.2, 0) is 4.79 Å². The summed E-state index contributed by atoms with van der Waals surface area (Å²) >= 11 is 11.9. The number of nitrogens with zero attached hydrogens (tertiary/aromatic N) is 1. The van der Waals surface area contributed by atoms with Crippen molar-refractivity contribution in [3.05, 3.63) is 28.2 Å². The molecule has 2 N–H and O–H groups in total. The Morgan fingerprint density at radius 3 is 3.00 bits per heavy atom. The Morgan fingerprint density at radius 2 is 2.17 bits per heavy atom. The second kappa shape index (κ2) is 6.07. The maximum atomic E-state index is 12.0. The number of rotatable bonds is 2. The molecule has 1 aromatic rings. The highest BCUT2D eigenvalue weighted by molar-refractivity contribution is 6.46. The maximum Gasteiger partial charge on any atom is 0.290 e. The zero-order chi connectivity index (χ0) is 13.0. The molecule has 1 aliphatic rings. The molecule has 4 nitrogen and oxygen atoms in total. The van der Waals surface area contributed by atoms with E-state index < -0.39 is 0 Å². The minimum atomic E-state index is -0.291. The van der Waals surface area contributed by atoms with Crippen molar-refractivity contribution in [2.75, 3.05) is 18.4 Å². The molecule has 0 saturated carbocycles. The first-order chi connectivity index (χ1) is 8.68. The van der Waals surface area contributed by atoms with Crippen LogP contribution in [0.5, 0.6) is 0 Å². The van der Waals surface area contributed by atoms with Crippen LogP contribution < -0.4 is 10.6 Å². The number of hydrogen-bond acceptors (Lipinski definition) is 3. The Balaban J connectivity index is 2.11. The van der Waals surface area contributed by atoms with E-state index in [1.165, 1.54) is 0 Å². The van der Waals surface area contributed by atoms with Crippen molar-refractivity contribution in [2.24, 2.45) is 4.99 Å². The van der Waals surface area contributed by atoms with Gasteiger partial charge >= 0.3 is 0 Å². The number of carbonyl (C=O) groups is 1. The zero-order valence-corrected chi connectivity index (χ0v) is 11.2. The smallest absolute Gasteiger partial charge is 0.290 e. The van der Waals surface area contributed by atoms with Gasteiger partial charge in [-0.25, -0.2) is 0 Å². The van der Waals surface area contributed by atoms with Crippen LogP contribution in [0.2, 0.25) is 10.0 Å². The van der Waals surface area contributed by atoms with Crippen LogP contribution in [0.4, 0.5) is 5.69 Å². The van der Waals surface area contributed by atoms with Crippen LogP contribution in [0.15, 0.2) is 23.2 Å². The molecule has 1 amide bonds. The van der Waals surface area contributed by atoms with Gasteiger partial charge in [-0.05, 0) is 25.0 Å². The van der Waals surface area contributed by atoms with Gasteiger partial charge in [-0.3, -0.25) is 9.79 Å². The van der Waals surface area contributed by atoms with E-state index in [9.17, 15) is 4.79 Å². The molecule has 1 aromatic carbocycles. The van der Waals surface area contributed by atoms with Crippen LogP contribution in [0.25, 0.3) is 0 Å². The van der Waals surface area contributed by atoms with E-state index in [-0.39, 0.29) is 5.91 Å². The number of hydrogen-bond donors (Lipinski definition) is 2. The van der Waals surface area contributed by atoms with Crippen molar-refractivity contribution in [2.45, 2.75) is 12.8 Å². The molecule has 0 aromatic heterocycles. The molecular formula is C12H13Cl2N3O. The predicted octanol–water partition coefficient (Wildman–Crippen LogP) is 2.71. The number of halogens is 2. The summed E-state index contributed by atoms with van der Waals surface area (Å²) in [5.74, 6) is 0.0598. The standard InChI is InChI=1S/C12H13Cl2N3O/c13-8-4-3-5-9(10(8)14)17-12(18)11-15-6-1-2-7-16-11/h3-5H,1-2,6-7H2,(H,15,16)(H,17,18). The second-order valence-corrected chi connectivity index (χ2v) is 4.70. The molecule has 0 unspecified atom stereocenters. The van der Waals surface area contributed by atoms with Crippen molar-refractivity contribution in [3.63, 3.8) is 0 Å². The van der Waals surface area contributed by atoms with E-state index in [2.05, 4.69) is 15.6 Å². The van der Waals surface area contributed by atoms with E-state index in [1.54, 1.807) is 18.2 Å². The quantitative estimate of drug-likeness (QED) is 0.878. The molecule has 0 bridgehead atoms. The summed E-state index contributed by atoms with van der Waals surface area (Å²) in [6, 6.07) is 5.09. The normalized spacial score (nSPS) is 15.3. The van der Waals surface area contributed by atoms with E-state index in [0.29, 0.717) is 28.1 Å². The molecule has 0 spiro atoms. The van der Waals surface area contributed by atoms with Crippen LogP contribution in [0.1, 0.15) is 12.8 Å². The Bertz CT molecular complexity index is 488. The molecule has 0 aliphatic carbocycles. The molecule has 0 atom stereocenters. The van der Waals surface area contributed by atoms with Crippen molar-refractivity contribution in [1.29, 1.82) is 0 Å². The number of carbonyl (C=O) groups excluding carboxylic acids is 1. The Morgan fingerprint density at radius 1 is 1.33 bits per heavy atom. The van der Waals surface area contributed by atoms with Gasteiger partial charge in [0.25, 0.3) is 5.91 Å². The van der Waals surface area contributed by atoms with Crippen molar-refractivity contribution >= 4 is 40.6 Å². The fourth-order valence-electron chi connectivity index (χ4n) is 1.62. The molecule has 0 radical (unpaired) electrons. The minimum Gasteiger partial charge on any atom is -0.366 e. The van der Waals surface area contributed by atoms with E-state index in [4.69, 9.17) is 23.2 Å². The monoisotopic (exact) mass is 285 g/mol. The number of amidine groups is 1. The molecule has 2 rings (SSSR count). The molecule has 6 heteroatoms. The lowest BCUT2D eigenvalue weighted by Gasteiger charge is -2.10. The average Bonchev–Trinajstić information content (AvgIpc) is 2.63. The summed E-state index contributed by atoms with van der Waals surface area (Å²) in [6.45, 7) is 1.43. The van der Waals surface area contributed by atoms with E-state index >= 15 is 0 Å². The summed E-state index contributed by atoms with van der Waals surface area (Å²) in [5, 5.41) is 6.44. The Labute approximate surface area is 115 Å². The van der Waals surface area contributed by atoms with Crippen LogP contribution in [0, 0.1) is 0 Å². The SMILES string of the molecule is O=C(Nc1cccc(Cl)c1Cl)C1=NCCCCN1.